The third-order valence-electron chi connectivity index (χ3n) is 3.41. The number of rotatable bonds is 0. The van der Waals surface area contributed by atoms with E-state index in [1.165, 1.54) is 18.5 Å². The molecule has 2 bridgehead atoms. The van der Waals surface area contributed by atoms with E-state index in [0.717, 1.165) is 13.0 Å². The van der Waals surface area contributed by atoms with E-state index >= 15 is 0 Å². The number of nitrogens with one attached hydrogen (secondary N) is 1. The monoisotopic (exact) mass is 194 g/mol. The normalized spacial score (nSPS) is 33.4. The molecule has 0 spiro atoms. The van der Waals surface area contributed by atoms with Crippen molar-refractivity contribution in [3.8, 4) is 0 Å². The lowest BCUT2D eigenvalue weighted by atomic mass is 9.99. The molecule has 0 saturated carbocycles. The molecule has 0 aliphatic carbocycles. The lowest BCUT2D eigenvalue weighted by Gasteiger charge is -2.40. The second-order valence-electron chi connectivity index (χ2n) is 5.69. The van der Waals surface area contributed by atoms with Crippen LogP contribution in [0, 0.1) is 0 Å². The molecule has 2 saturated heterocycles. The largest absolute Gasteiger partial charge is 0.369 e. The summed E-state index contributed by atoms with van der Waals surface area (Å²) in [5, 5.41) is 3.68. The van der Waals surface area contributed by atoms with Crippen LogP contribution in [-0.4, -0.2) is 29.1 Å². The molecule has 0 amide bonds. The van der Waals surface area contributed by atoms with Crippen LogP contribution >= 0.6 is 0 Å². The Hall–Kier alpha value is -0.500. The Balaban J connectivity index is 2.15. The molecule has 0 radical (unpaired) electrons. The standard InChI is InChI=1S/C12H22N2/c1-9-7-10-5-6-11(13-10)8-14(9)12(2,3)4/h10-11,13H,1,5-8H2,2-4H3/t10-,11+/m1/s1. The van der Waals surface area contributed by atoms with E-state index in [0.29, 0.717) is 12.1 Å². The average molecular weight is 194 g/mol. The highest BCUT2D eigenvalue weighted by atomic mass is 15.2. The van der Waals surface area contributed by atoms with Crippen molar-refractivity contribution in [3.63, 3.8) is 0 Å². The van der Waals surface area contributed by atoms with E-state index < -0.39 is 0 Å². The fourth-order valence-corrected chi connectivity index (χ4v) is 2.70. The van der Waals surface area contributed by atoms with Crippen LogP contribution in [0.4, 0.5) is 0 Å². The third-order valence-corrected chi connectivity index (χ3v) is 3.41. The SMILES string of the molecule is C=C1C[C@H]2CC[C@@H](CN1C(C)(C)C)N2. The van der Waals surface area contributed by atoms with Crippen molar-refractivity contribution in [3.05, 3.63) is 12.3 Å². The van der Waals surface area contributed by atoms with Crippen molar-refractivity contribution in [1.82, 2.24) is 10.2 Å². The Morgan fingerprint density at radius 3 is 2.57 bits per heavy atom. The second kappa shape index (κ2) is 3.27. The smallest absolute Gasteiger partial charge is 0.0334 e. The molecule has 1 N–H and O–H groups in total. The summed E-state index contributed by atoms with van der Waals surface area (Å²) in [4.78, 5) is 2.48. The highest BCUT2D eigenvalue weighted by molar-refractivity contribution is 5.08. The molecule has 2 fully saturated rings. The summed E-state index contributed by atoms with van der Waals surface area (Å²) in [5.74, 6) is 0. The van der Waals surface area contributed by atoms with Gasteiger partial charge in [0, 0.05) is 36.3 Å². The van der Waals surface area contributed by atoms with Gasteiger partial charge in [0.2, 0.25) is 0 Å². The summed E-state index contributed by atoms with van der Waals surface area (Å²) in [6, 6.07) is 1.39. The molecule has 2 atom stereocenters. The van der Waals surface area contributed by atoms with E-state index in [1.54, 1.807) is 0 Å². The van der Waals surface area contributed by atoms with Gasteiger partial charge < -0.3 is 10.2 Å². The van der Waals surface area contributed by atoms with Crippen molar-refractivity contribution in [1.29, 1.82) is 0 Å². The zero-order valence-electron chi connectivity index (χ0n) is 9.64. The fourth-order valence-electron chi connectivity index (χ4n) is 2.70. The van der Waals surface area contributed by atoms with Crippen molar-refractivity contribution in [2.75, 3.05) is 6.54 Å². The molecule has 2 aliphatic rings. The van der Waals surface area contributed by atoms with Gasteiger partial charge in [-0.2, -0.15) is 0 Å². The van der Waals surface area contributed by atoms with Crippen LogP contribution in [0.5, 0.6) is 0 Å². The summed E-state index contributed by atoms with van der Waals surface area (Å²) in [7, 11) is 0. The minimum absolute atomic E-state index is 0.225. The highest BCUT2D eigenvalue weighted by Gasteiger charge is 2.34. The minimum Gasteiger partial charge on any atom is -0.369 e. The molecule has 2 aliphatic heterocycles. The number of nitrogens with zero attached hydrogens (tertiary/aromatic N) is 1. The maximum absolute atomic E-state index is 4.23. The quantitative estimate of drug-likeness (QED) is 0.635. The molecule has 2 heteroatoms. The Morgan fingerprint density at radius 2 is 1.93 bits per heavy atom. The molecule has 2 rings (SSSR count). The van der Waals surface area contributed by atoms with Crippen LogP contribution in [0.3, 0.4) is 0 Å². The Bertz CT molecular complexity index is 239. The van der Waals surface area contributed by atoms with Gasteiger partial charge in [-0.25, -0.2) is 0 Å². The molecular weight excluding hydrogens is 172 g/mol. The molecule has 14 heavy (non-hydrogen) atoms. The predicted molar refractivity (Wildman–Crippen MR) is 60.2 cm³/mol. The topological polar surface area (TPSA) is 15.3 Å². The zero-order chi connectivity index (χ0) is 10.3. The number of hydrogen-bond acceptors (Lipinski definition) is 2. The maximum atomic E-state index is 4.23. The van der Waals surface area contributed by atoms with Crippen LogP contribution in [0.15, 0.2) is 12.3 Å². The van der Waals surface area contributed by atoms with Gasteiger partial charge in [0.1, 0.15) is 0 Å². The van der Waals surface area contributed by atoms with E-state index in [9.17, 15) is 0 Å². The molecule has 80 valence electrons. The lowest BCUT2D eigenvalue weighted by Crippen LogP contribution is -2.44. The zero-order valence-corrected chi connectivity index (χ0v) is 9.64. The third kappa shape index (κ3) is 1.81. The van der Waals surface area contributed by atoms with E-state index in [1.807, 2.05) is 0 Å². The van der Waals surface area contributed by atoms with Crippen LogP contribution in [0.25, 0.3) is 0 Å². The van der Waals surface area contributed by atoms with Crippen molar-refractivity contribution < 1.29 is 0 Å². The summed E-state index contributed by atoms with van der Waals surface area (Å²) in [6.45, 7) is 12.2. The van der Waals surface area contributed by atoms with Gasteiger partial charge in [-0.05, 0) is 33.6 Å². The van der Waals surface area contributed by atoms with E-state index in [-0.39, 0.29) is 5.54 Å². The average Bonchev–Trinajstić information content (AvgIpc) is 2.36. The van der Waals surface area contributed by atoms with Gasteiger partial charge in [-0.15, -0.1) is 0 Å². The molecule has 0 aromatic heterocycles. The van der Waals surface area contributed by atoms with Gasteiger partial charge in [-0.1, -0.05) is 6.58 Å². The van der Waals surface area contributed by atoms with Crippen molar-refractivity contribution in [2.24, 2.45) is 0 Å². The molecule has 0 unspecified atom stereocenters. The van der Waals surface area contributed by atoms with Gasteiger partial charge in [0.25, 0.3) is 0 Å². The first-order valence-electron chi connectivity index (χ1n) is 5.68. The Morgan fingerprint density at radius 1 is 1.29 bits per heavy atom. The number of hydrogen-bond donors (Lipinski definition) is 1. The summed E-state index contributed by atoms with van der Waals surface area (Å²) in [5.41, 5.74) is 1.54. The van der Waals surface area contributed by atoms with E-state index in [2.05, 4.69) is 37.6 Å². The molecule has 2 nitrogen and oxygen atoms in total. The summed E-state index contributed by atoms with van der Waals surface area (Å²) in [6.07, 6.45) is 3.81. The van der Waals surface area contributed by atoms with Crippen LogP contribution < -0.4 is 5.32 Å². The van der Waals surface area contributed by atoms with Crippen molar-refractivity contribution >= 4 is 0 Å². The van der Waals surface area contributed by atoms with Crippen molar-refractivity contribution in [2.45, 2.75) is 57.7 Å². The number of fused-ring (bicyclic) bond motifs is 2. The molecule has 0 aromatic carbocycles. The molecule has 2 heterocycles. The Kier molecular flexibility index (Phi) is 2.34. The van der Waals surface area contributed by atoms with Gasteiger partial charge >= 0.3 is 0 Å². The van der Waals surface area contributed by atoms with Crippen LogP contribution in [0.2, 0.25) is 0 Å². The molecule has 0 aromatic rings. The summed E-state index contributed by atoms with van der Waals surface area (Å²) >= 11 is 0. The minimum atomic E-state index is 0.225. The van der Waals surface area contributed by atoms with Crippen LogP contribution in [0.1, 0.15) is 40.0 Å². The van der Waals surface area contributed by atoms with Crippen LogP contribution in [-0.2, 0) is 0 Å². The lowest BCUT2D eigenvalue weighted by molar-refractivity contribution is 0.172. The van der Waals surface area contributed by atoms with Gasteiger partial charge in [0.05, 0.1) is 0 Å². The first-order valence-corrected chi connectivity index (χ1v) is 5.68. The summed E-state index contributed by atoms with van der Waals surface area (Å²) < 4.78 is 0. The first-order chi connectivity index (χ1) is 6.47. The second-order valence-corrected chi connectivity index (χ2v) is 5.69. The highest BCUT2D eigenvalue weighted by Crippen LogP contribution is 2.30. The predicted octanol–water partition coefficient (Wildman–Crippen LogP) is 2.12. The number of likely N-dealkylation sites (tertiary alicyclic amines) is 1. The van der Waals surface area contributed by atoms with Gasteiger partial charge in [0.15, 0.2) is 0 Å². The maximum Gasteiger partial charge on any atom is 0.0334 e. The molecular formula is C12H22N2. The Labute approximate surface area is 87.4 Å². The van der Waals surface area contributed by atoms with E-state index in [4.69, 9.17) is 0 Å². The fraction of sp³-hybridized carbons (Fsp3) is 0.833. The van der Waals surface area contributed by atoms with Gasteiger partial charge in [-0.3, -0.25) is 0 Å². The first kappa shape index (κ1) is 10.0.